The predicted octanol–water partition coefficient (Wildman–Crippen LogP) is 3.04. The largest absolute Gasteiger partial charge is 0.343 e. The smallest absolute Gasteiger partial charge is 0.240 e. The number of rotatable bonds is 8. The van der Waals surface area contributed by atoms with Crippen molar-refractivity contribution in [3.8, 4) is 0 Å². The SMILES string of the molecule is CNCNC(=O)C1CCCC[C@@H]1c1ccc(CNS(=O)(=O)c2cccc(C)c2)cc1. The van der Waals surface area contributed by atoms with Crippen molar-refractivity contribution in [1.82, 2.24) is 15.4 Å². The van der Waals surface area contributed by atoms with Crippen LogP contribution in [-0.4, -0.2) is 28.0 Å². The number of carbonyl (C=O) groups excluding carboxylic acids is 1. The molecule has 0 aromatic heterocycles. The number of hydrogen-bond donors (Lipinski definition) is 3. The molecule has 1 unspecified atom stereocenters. The minimum absolute atomic E-state index is 0.0160. The Morgan fingerprint density at radius 3 is 2.50 bits per heavy atom. The number of carbonyl (C=O) groups is 1. The molecule has 3 N–H and O–H groups in total. The summed E-state index contributed by atoms with van der Waals surface area (Å²) in [5.74, 6) is 0.287. The van der Waals surface area contributed by atoms with E-state index in [-0.39, 0.29) is 29.2 Å². The first-order valence-corrected chi connectivity index (χ1v) is 12.0. The molecule has 2 aromatic rings. The van der Waals surface area contributed by atoms with Gasteiger partial charge in [0.15, 0.2) is 0 Å². The van der Waals surface area contributed by atoms with Crippen LogP contribution < -0.4 is 15.4 Å². The number of aryl methyl sites for hydroxylation is 1. The van der Waals surface area contributed by atoms with E-state index in [9.17, 15) is 13.2 Å². The normalized spacial score (nSPS) is 19.4. The van der Waals surface area contributed by atoms with Gasteiger partial charge in [-0.15, -0.1) is 0 Å². The molecular formula is C23H31N3O3S. The molecule has 0 heterocycles. The number of hydrogen-bond acceptors (Lipinski definition) is 4. The first kappa shape index (κ1) is 22.5. The molecule has 0 bridgehead atoms. The lowest BCUT2D eigenvalue weighted by Gasteiger charge is -2.31. The molecule has 7 heteroatoms. The number of nitrogens with one attached hydrogen (secondary N) is 3. The Morgan fingerprint density at radius 2 is 1.80 bits per heavy atom. The molecule has 0 aliphatic heterocycles. The van der Waals surface area contributed by atoms with E-state index in [1.54, 1.807) is 18.2 Å². The lowest BCUT2D eigenvalue weighted by molar-refractivity contribution is -0.126. The second kappa shape index (κ2) is 10.2. The molecule has 1 aliphatic carbocycles. The average molecular weight is 430 g/mol. The third-order valence-corrected chi connectivity index (χ3v) is 7.12. The van der Waals surface area contributed by atoms with Crippen LogP contribution in [0.5, 0.6) is 0 Å². The van der Waals surface area contributed by atoms with Crippen LogP contribution in [0.4, 0.5) is 0 Å². The van der Waals surface area contributed by atoms with E-state index in [1.807, 2.05) is 44.3 Å². The summed E-state index contributed by atoms with van der Waals surface area (Å²) in [5, 5.41) is 5.90. The lowest BCUT2D eigenvalue weighted by Crippen LogP contribution is -2.39. The zero-order chi connectivity index (χ0) is 21.6. The monoisotopic (exact) mass is 429 g/mol. The summed E-state index contributed by atoms with van der Waals surface area (Å²) < 4.78 is 27.7. The van der Waals surface area contributed by atoms with Gasteiger partial charge in [-0.1, -0.05) is 49.2 Å². The van der Waals surface area contributed by atoms with Crippen LogP contribution in [0.3, 0.4) is 0 Å². The molecule has 3 rings (SSSR count). The second-order valence-corrected chi connectivity index (χ2v) is 9.72. The molecule has 1 amide bonds. The Bertz CT molecular complexity index is 958. The zero-order valence-corrected chi connectivity index (χ0v) is 18.5. The van der Waals surface area contributed by atoms with Crippen molar-refractivity contribution in [2.75, 3.05) is 13.7 Å². The Labute approximate surface area is 179 Å². The van der Waals surface area contributed by atoms with Crippen molar-refractivity contribution in [3.05, 3.63) is 65.2 Å². The van der Waals surface area contributed by atoms with Crippen molar-refractivity contribution in [2.24, 2.45) is 5.92 Å². The van der Waals surface area contributed by atoms with Crippen LogP contribution >= 0.6 is 0 Å². The molecule has 1 saturated carbocycles. The van der Waals surface area contributed by atoms with Gasteiger partial charge in [0.2, 0.25) is 15.9 Å². The van der Waals surface area contributed by atoms with Gasteiger partial charge in [-0.3, -0.25) is 4.79 Å². The fraction of sp³-hybridized carbons (Fsp3) is 0.435. The van der Waals surface area contributed by atoms with E-state index < -0.39 is 10.0 Å². The summed E-state index contributed by atoms with van der Waals surface area (Å²) in [6.45, 7) is 2.57. The van der Waals surface area contributed by atoms with Crippen molar-refractivity contribution in [1.29, 1.82) is 0 Å². The zero-order valence-electron chi connectivity index (χ0n) is 17.6. The Hall–Kier alpha value is -2.22. The topological polar surface area (TPSA) is 87.3 Å². The fourth-order valence-electron chi connectivity index (χ4n) is 4.08. The predicted molar refractivity (Wildman–Crippen MR) is 118 cm³/mol. The molecule has 0 spiro atoms. The lowest BCUT2D eigenvalue weighted by atomic mass is 9.75. The van der Waals surface area contributed by atoms with Gasteiger partial charge in [-0.25, -0.2) is 13.1 Å². The molecule has 0 radical (unpaired) electrons. The number of benzene rings is 2. The maximum Gasteiger partial charge on any atom is 0.240 e. The van der Waals surface area contributed by atoms with E-state index >= 15 is 0 Å². The molecule has 1 aliphatic rings. The summed E-state index contributed by atoms with van der Waals surface area (Å²) in [7, 11) is -1.74. The highest BCUT2D eigenvalue weighted by atomic mass is 32.2. The first-order chi connectivity index (χ1) is 14.4. The number of sulfonamides is 1. The minimum atomic E-state index is -3.55. The molecular weight excluding hydrogens is 398 g/mol. The van der Waals surface area contributed by atoms with Crippen molar-refractivity contribution in [2.45, 2.75) is 50.0 Å². The van der Waals surface area contributed by atoms with Crippen molar-refractivity contribution < 1.29 is 13.2 Å². The fourth-order valence-corrected chi connectivity index (χ4v) is 5.20. The Morgan fingerprint density at radius 1 is 1.07 bits per heavy atom. The summed E-state index contributed by atoms with van der Waals surface area (Å²) in [6, 6.07) is 14.8. The van der Waals surface area contributed by atoms with Gasteiger partial charge in [0.25, 0.3) is 0 Å². The molecule has 162 valence electrons. The minimum Gasteiger partial charge on any atom is -0.343 e. The average Bonchev–Trinajstić information content (AvgIpc) is 2.76. The van der Waals surface area contributed by atoms with Crippen LogP contribution in [0.2, 0.25) is 0 Å². The van der Waals surface area contributed by atoms with Crippen LogP contribution in [-0.2, 0) is 21.4 Å². The molecule has 0 saturated heterocycles. The molecule has 1 fully saturated rings. The first-order valence-electron chi connectivity index (χ1n) is 10.5. The van der Waals surface area contributed by atoms with Gasteiger partial charge >= 0.3 is 0 Å². The third kappa shape index (κ3) is 5.68. The highest BCUT2D eigenvalue weighted by Crippen LogP contribution is 2.38. The summed E-state index contributed by atoms with van der Waals surface area (Å²) in [6.07, 6.45) is 4.10. The van der Waals surface area contributed by atoms with Crippen LogP contribution in [0.25, 0.3) is 0 Å². The summed E-state index contributed by atoms with van der Waals surface area (Å²) >= 11 is 0. The van der Waals surface area contributed by atoms with Crippen molar-refractivity contribution in [3.63, 3.8) is 0 Å². The van der Waals surface area contributed by atoms with Gasteiger partial charge in [-0.2, -0.15) is 0 Å². The molecule has 6 nitrogen and oxygen atoms in total. The highest BCUT2D eigenvalue weighted by molar-refractivity contribution is 7.89. The van der Waals surface area contributed by atoms with E-state index in [4.69, 9.17) is 0 Å². The van der Waals surface area contributed by atoms with Crippen LogP contribution in [0, 0.1) is 12.8 Å². The maximum absolute atomic E-state index is 12.6. The molecule has 2 atom stereocenters. The standard InChI is InChI=1S/C23H31N3O3S/c1-17-6-5-7-20(14-17)30(28,29)26-15-18-10-12-19(13-11-18)21-8-3-4-9-22(21)23(27)25-16-24-2/h5-7,10-14,21-22,24,26H,3-4,8-9,15-16H2,1-2H3,(H,25,27)/t21-,22?/m1/s1. The number of amides is 1. The van der Waals surface area contributed by atoms with E-state index in [1.165, 1.54) is 0 Å². The van der Waals surface area contributed by atoms with E-state index in [2.05, 4.69) is 15.4 Å². The van der Waals surface area contributed by atoms with Crippen LogP contribution in [0.15, 0.2) is 53.4 Å². The molecule has 30 heavy (non-hydrogen) atoms. The molecule has 2 aromatic carbocycles. The second-order valence-electron chi connectivity index (χ2n) is 7.95. The summed E-state index contributed by atoms with van der Waals surface area (Å²) in [5.41, 5.74) is 2.94. The van der Waals surface area contributed by atoms with Gasteiger partial charge in [0, 0.05) is 12.5 Å². The van der Waals surface area contributed by atoms with E-state index in [0.29, 0.717) is 6.67 Å². The van der Waals surface area contributed by atoms with Gasteiger partial charge < -0.3 is 10.6 Å². The highest BCUT2D eigenvalue weighted by Gasteiger charge is 2.31. The van der Waals surface area contributed by atoms with Crippen LogP contribution in [0.1, 0.15) is 48.3 Å². The van der Waals surface area contributed by atoms with E-state index in [0.717, 1.165) is 42.4 Å². The Balaban J connectivity index is 1.66. The van der Waals surface area contributed by atoms with Gasteiger partial charge in [0.05, 0.1) is 11.6 Å². The van der Waals surface area contributed by atoms with Gasteiger partial charge in [-0.05, 0) is 61.6 Å². The quantitative estimate of drug-likeness (QED) is 0.563. The van der Waals surface area contributed by atoms with Crippen molar-refractivity contribution >= 4 is 15.9 Å². The summed E-state index contributed by atoms with van der Waals surface area (Å²) in [4.78, 5) is 12.8. The maximum atomic E-state index is 12.6. The third-order valence-electron chi connectivity index (χ3n) is 5.72. The van der Waals surface area contributed by atoms with Gasteiger partial charge in [0.1, 0.15) is 0 Å². The Kier molecular flexibility index (Phi) is 7.64.